The van der Waals surface area contributed by atoms with E-state index in [1.54, 1.807) is 44.0 Å². The molecule has 8 nitrogen and oxygen atoms in total. The van der Waals surface area contributed by atoms with Gasteiger partial charge in [-0.2, -0.15) is 0 Å². The Balaban J connectivity index is 1.91. The Morgan fingerprint density at radius 3 is 2.57 bits per heavy atom. The van der Waals surface area contributed by atoms with Crippen LogP contribution in [0.5, 0.6) is 11.5 Å². The van der Waals surface area contributed by atoms with Crippen LogP contribution in [0.3, 0.4) is 0 Å². The highest BCUT2D eigenvalue weighted by Gasteiger charge is 2.20. The summed E-state index contributed by atoms with van der Waals surface area (Å²) in [6.07, 6.45) is 0. The number of nitrogens with zero attached hydrogens (tertiary/aromatic N) is 4. The van der Waals surface area contributed by atoms with Crippen molar-refractivity contribution in [3.8, 4) is 17.2 Å². The fourth-order valence-electron chi connectivity index (χ4n) is 2.78. The third-order valence-electron chi connectivity index (χ3n) is 4.34. The lowest BCUT2D eigenvalue weighted by Crippen LogP contribution is -2.15. The molecule has 0 unspecified atom stereocenters. The van der Waals surface area contributed by atoms with Crippen molar-refractivity contribution in [3.05, 3.63) is 53.9 Å². The van der Waals surface area contributed by atoms with Gasteiger partial charge in [-0.25, -0.2) is 4.68 Å². The van der Waals surface area contributed by atoms with Gasteiger partial charge in [-0.1, -0.05) is 11.3 Å². The maximum absolute atomic E-state index is 12.7. The van der Waals surface area contributed by atoms with Gasteiger partial charge in [-0.3, -0.25) is 4.79 Å². The summed E-state index contributed by atoms with van der Waals surface area (Å²) >= 11 is 0. The second kappa shape index (κ2) is 7.99. The standard InChI is InChI=1S/C20H23N5O3/c1-13-19(20(26)21-14-7-6-8-15(11-14)24(2)3)22-23-25(13)17-12-16(27-4)9-10-18(17)28-5/h6-12H,1-5H3,(H,21,26). The normalized spacial score (nSPS) is 10.5. The van der Waals surface area contributed by atoms with Crippen molar-refractivity contribution in [1.29, 1.82) is 0 Å². The van der Waals surface area contributed by atoms with E-state index >= 15 is 0 Å². The van der Waals surface area contributed by atoms with E-state index in [1.807, 2.05) is 43.3 Å². The highest BCUT2D eigenvalue weighted by Crippen LogP contribution is 2.28. The van der Waals surface area contributed by atoms with Crippen LogP contribution in [0, 0.1) is 6.92 Å². The van der Waals surface area contributed by atoms with Gasteiger partial charge in [0.15, 0.2) is 5.69 Å². The Bertz CT molecular complexity index is 997. The summed E-state index contributed by atoms with van der Waals surface area (Å²) in [5.74, 6) is 0.915. The van der Waals surface area contributed by atoms with Crippen molar-refractivity contribution in [3.63, 3.8) is 0 Å². The molecule has 1 N–H and O–H groups in total. The van der Waals surface area contributed by atoms with Crippen LogP contribution in [0.4, 0.5) is 11.4 Å². The third kappa shape index (κ3) is 3.75. The molecule has 1 aromatic heterocycles. The fraction of sp³-hybridized carbons (Fsp3) is 0.250. The van der Waals surface area contributed by atoms with Crippen LogP contribution in [0.25, 0.3) is 5.69 Å². The van der Waals surface area contributed by atoms with Crippen molar-refractivity contribution in [1.82, 2.24) is 15.0 Å². The Morgan fingerprint density at radius 2 is 1.89 bits per heavy atom. The summed E-state index contributed by atoms with van der Waals surface area (Å²) in [4.78, 5) is 14.7. The van der Waals surface area contributed by atoms with Crippen LogP contribution < -0.4 is 19.7 Å². The number of methoxy groups -OCH3 is 2. The van der Waals surface area contributed by atoms with E-state index in [2.05, 4.69) is 15.6 Å². The molecule has 28 heavy (non-hydrogen) atoms. The van der Waals surface area contributed by atoms with Crippen molar-refractivity contribution in [2.75, 3.05) is 38.5 Å². The van der Waals surface area contributed by atoms with Gasteiger partial charge in [0.25, 0.3) is 5.91 Å². The Labute approximate surface area is 163 Å². The number of carbonyl (C=O) groups is 1. The van der Waals surface area contributed by atoms with E-state index in [0.29, 0.717) is 28.6 Å². The number of amides is 1. The molecule has 0 aliphatic rings. The van der Waals surface area contributed by atoms with Gasteiger partial charge in [0.05, 0.1) is 19.9 Å². The fourth-order valence-corrected chi connectivity index (χ4v) is 2.78. The second-order valence-electron chi connectivity index (χ2n) is 6.37. The topological polar surface area (TPSA) is 81.5 Å². The number of aromatic nitrogens is 3. The number of hydrogen-bond donors (Lipinski definition) is 1. The predicted octanol–water partition coefficient (Wildman–Crippen LogP) is 2.91. The molecule has 0 aliphatic heterocycles. The zero-order valence-electron chi connectivity index (χ0n) is 16.6. The molecular formula is C20H23N5O3. The molecule has 0 saturated carbocycles. The van der Waals surface area contributed by atoms with Gasteiger partial charge in [-0.15, -0.1) is 5.10 Å². The van der Waals surface area contributed by atoms with Crippen LogP contribution >= 0.6 is 0 Å². The number of hydrogen-bond acceptors (Lipinski definition) is 6. The van der Waals surface area contributed by atoms with Crippen LogP contribution in [-0.4, -0.2) is 49.2 Å². The number of benzene rings is 2. The molecule has 2 aromatic carbocycles. The molecule has 0 fully saturated rings. The van der Waals surface area contributed by atoms with E-state index in [-0.39, 0.29) is 11.6 Å². The first-order valence-corrected chi connectivity index (χ1v) is 8.68. The number of rotatable bonds is 6. The predicted molar refractivity (Wildman–Crippen MR) is 108 cm³/mol. The zero-order valence-corrected chi connectivity index (χ0v) is 16.6. The molecule has 0 aliphatic carbocycles. The smallest absolute Gasteiger partial charge is 0.278 e. The molecule has 146 valence electrons. The monoisotopic (exact) mass is 381 g/mol. The van der Waals surface area contributed by atoms with E-state index in [9.17, 15) is 4.79 Å². The van der Waals surface area contributed by atoms with Gasteiger partial charge in [-0.05, 0) is 37.3 Å². The maximum atomic E-state index is 12.7. The average Bonchev–Trinajstić information content (AvgIpc) is 3.08. The van der Waals surface area contributed by atoms with Crippen molar-refractivity contribution in [2.45, 2.75) is 6.92 Å². The molecule has 3 aromatic rings. The Morgan fingerprint density at radius 1 is 1.11 bits per heavy atom. The SMILES string of the molecule is COc1ccc(OC)c(-n2nnc(C(=O)Nc3cccc(N(C)C)c3)c2C)c1. The van der Waals surface area contributed by atoms with Gasteiger partial charge in [0, 0.05) is 31.5 Å². The van der Waals surface area contributed by atoms with E-state index in [4.69, 9.17) is 9.47 Å². The molecule has 1 heterocycles. The van der Waals surface area contributed by atoms with Crippen molar-refractivity contribution < 1.29 is 14.3 Å². The largest absolute Gasteiger partial charge is 0.497 e. The van der Waals surface area contributed by atoms with Gasteiger partial charge in [0.2, 0.25) is 0 Å². The first-order chi connectivity index (χ1) is 13.4. The molecule has 0 spiro atoms. The number of nitrogens with one attached hydrogen (secondary N) is 1. The van der Waals surface area contributed by atoms with Crippen LogP contribution in [-0.2, 0) is 0 Å². The summed E-state index contributed by atoms with van der Waals surface area (Å²) in [7, 11) is 7.04. The maximum Gasteiger partial charge on any atom is 0.278 e. The van der Waals surface area contributed by atoms with Crippen LogP contribution in [0.1, 0.15) is 16.2 Å². The lowest BCUT2D eigenvalue weighted by atomic mass is 10.2. The molecule has 0 atom stereocenters. The summed E-state index contributed by atoms with van der Waals surface area (Å²) in [6.45, 7) is 1.78. The summed E-state index contributed by atoms with van der Waals surface area (Å²) in [5, 5.41) is 11.1. The quantitative estimate of drug-likeness (QED) is 0.707. The first-order valence-electron chi connectivity index (χ1n) is 8.68. The summed E-state index contributed by atoms with van der Waals surface area (Å²) in [5.41, 5.74) is 3.14. The number of ether oxygens (including phenoxy) is 2. The number of anilines is 2. The van der Waals surface area contributed by atoms with E-state index < -0.39 is 0 Å². The molecule has 0 bridgehead atoms. The summed E-state index contributed by atoms with van der Waals surface area (Å²) in [6, 6.07) is 12.9. The average molecular weight is 381 g/mol. The van der Waals surface area contributed by atoms with E-state index in [0.717, 1.165) is 5.69 Å². The molecule has 3 rings (SSSR count). The zero-order chi connectivity index (χ0) is 20.3. The molecule has 1 amide bonds. The lowest BCUT2D eigenvalue weighted by molar-refractivity contribution is 0.102. The van der Waals surface area contributed by atoms with E-state index in [1.165, 1.54) is 0 Å². The lowest BCUT2D eigenvalue weighted by Gasteiger charge is -2.14. The van der Waals surface area contributed by atoms with Gasteiger partial charge in [0.1, 0.15) is 17.2 Å². The Hall–Kier alpha value is -3.55. The third-order valence-corrected chi connectivity index (χ3v) is 4.34. The van der Waals surface area contributed by atoms with Crippen LogP contribution in [0.2, 0.25) is 0 Å². The van der Waals surface area contributed by atoms with Gasteiger partial charge >= 0.3 is 0 Å². The highest BCUT2D eigenvalue weighted by molar-refractivity contribution is 6.03. The highest BCUT2D eigenvalue weighted by atomic mass is 16.5. The number of carbonyl (C=O) groups excluding carboxylic acids is 1. The molecule has 0 radical (unpaired) electrons. The minimum absolute atomic E-state index is 0.236. The second-order valence-corrected chi connectivity index (χ2v) is 6.37. The van der Waals surface area contributed by atoms with Crippen molar-refractivity contribution >= 4 is 17.3 Å². The van der Waals surface area contributed by atoms with Crippen LogP contribution in [0.15, 0.2) is 42.5 Å². The minimum Gasteiger partial charge on any atom is -0.497 e. The van der Waals surface area contributed by atoms with Gasteiger partial charge < -0.3 is 19.7 Å². The molecule has 8 heteroatoms. The van der Waals surface area contributed by atoms with Crippen molar-refractivity contribution in [2.24, 2.45) is 0 Å². The minimum atomic E-state index is -0.332. The first kappa shape index (κ1) is 19.2. The molecular weight excluding hydrogens is 358 g/mol. The molecule has 0 saturated heterocycles. The summed E-state index contributed by atoms with van der Waals surface area (Å²) < 4.78 is 12.2. The Kier molecular flexibility index (Phi) is 5.49.